The van der Waals surface area contributed by atoms with Crippen LogP contribution in [0, 0.1) is 6.92 Å². The Labute approximate surface area is 181 Å². The summed E-state index contributed by atoms with van der Waals surface area (Å²) in [5.74, 6) is 0.0978. The Balaban J connectivity index is 1.34. The lowest BCUT2D eigenvalue weighted by Crippen LogP contribution is -2.36. The molecule has 1 N–H and O–H groups in total. The number of rotatable bonds is 6. The lowest BCUT2D eigenvalue weighted by molar-refractivity contribution is -0.132. The lowest BCUT2D eigenvalue weighted by Gasteiger charge is -2.29. The summed E-state index contributed by atoms with van der Waals surface area (Å²) in [6, 6.07) is 10.1. The fraction of sp³-hybridized carbons (Fsp3) is 0.417. The smallest absolute Gasteiger partial charge is 0.259 e. The fourth-order valence-corrected chi connectivity index (χ4v) is 3.99. The van der Waals surface area contributed by atoms with E-state index in [0.717, 1.165) is 18.7 Å². The van der Waals surface area contributed by atoms with Crippen LogP contribution in [-0.4, -0.2) is 39.9 Å². The van der Waals surface area contributed by atoms with Crippen LogP contribution in [0.15, 0.2) is 34.9 Å². The first-order valence-electron chi connectivity index (χ1n) is 10.8. The molecule has 31 heavy (non-hydrogen) atoms. The van der Waals surface area contributed by atoms with Crippen LogP contribution < -0.4 is 5.32 Å². The maximum Gasteiger partial charge on any atom is 0.259 e. The van der Waals surface area contributed by atoms with Crippen molar-refractivity contribution in [3.63, 3.8) is 0 Å². The SMILES string of the molecule is Cc1noc2nc(C(C)C)cc(C(=O)NCCCC(=O)N3CCc4ccccc4C3)c12. The topological polar surface area (TPSA) is 88.3 Å². The summed E-state index contributed by atoms with van der Waals surface area (Å²) in [5, 5.41) is 7.54. The Morgan fingerprint density at radius 2 is 2.00 bits per heavy atom. The number of carbonyl (C=O) groups excluding carboxylic acids is 2. The van der Waals surface area contributed by atoms with Gasteiger partial charge in [0, 0.05) is 31.7 Å². The molecule has 0 fully saturated rings. The van der Waals surface area contributed by atoms with Crippen LogP contribution >= 0.6 is 0 Å². The maximum absolute atomic E-state index is 12.9. The molecule has 1 aliphatic rings. The highest BCUT2D eigenvalue weighted by Crippen LogP contribution is 2.25. The molecule has 4 rings (SSSR count). The quantitative estimate of drug-likeness (QED) is 0.614. The zero-order valence-corrected chi connectivity index (χ0v) is 18.3. The third-order valence-electron chi connectivity index (χ3n) is 5.81. The molecular formula is C24H28N4O3. The summed E-state index contributed by atoms with van der Waals surface area (Å²) in [5.41, 5.74) is 4.88. The first-order valence-corrected chi connectivity index (χ1v) is 10.8. The average molecular weight is 421 g/mol. The van der Waals surface area contributed by atoms with Crippen LogP contribution in [0.5, 0.6) is 0 Å². The largest absolute Gasteiger partial charge is 0.352 e. The highest BCUT2D eigenvalue weighted by atomic mass is 16.5. The molecule has 7 nitrogen and oxygen atoms in total. The molecular weight excluding hydrogens is 392 g/mol. The van der Waals surface area contributed by atoms with Gasteiger partial charge in [-0.25, -0.2) is 4.98 Å². The van der Waals surface area contributed by atoms with Gasteiger partial charge in [0.1, 0.15) is 0 Å². The minimum atomic E-state index is -0.194. The molecule has 2 aromatic heterocycles. The van der Waals surface area contributed by atoms with E-state index < -0.39 is 0 Å². The monoisotopic (exact) mass is 420 g/mol. The van der Waals surface area contributed by atoms with Crippen molar-refractivity contribution in [3.8, 4) is 0 Å². The summed E-state index contributed by atoms with van der Waals surface area (Å²) in [6.45, 7) is 7.69. The number of hydrogen-bond acceptors (Lipinski definition) is 5. The van der Waals surface area contributed by atoms with Crippen molar-refractivity contribution in [3.05, 3.63) is 58.4 Å². The molecule has 0 aliphatic carbocycles. The highest BCUT2D eigenvalue weighted by molar-refractivity contribution is 6.06. The molecule has 7 heteroatoms. The van der Waals surface area contributed by atoms with Crippen LogP contribution in [0.25, 0.3) is 11.1 Å². The van der Waals surface area contributed by atoms with Crippen molar-refractivity contribution >= 4 is 22.9 Å². The first kappa shape index (κ1) is 21.0. The summed E-state index contributed by atoms with van der Waals surface area (Å²) < 4.78 is 5.29. The molecule has 3 aromatic rings. The van der Waals surface area contributed by atoms with Gasteiger partial charge >= 0.3 is 0 Å². The molecule has 162 valence electrons. The van der Waals surface area contributed by atoms with Gasteiger partial charge in [-0.2, -0.15) is 0 Å². The zero-order chi connectivity index (χ0) is 22.0. The van der Waals surface area contributed by atoms with Gasteiger partial charge < -0.3 is 14.7 Å². The molecule has 0 bridgehead atoms. The number of amides is 2. The molecule has 1 aliphatic heterocycles. The molecule has 1 aromatic carbocycles. The van der Waals surface area contributed by atoms with Crippen molar-refractivity contribution in [1.82, 2.24) is 20.4 Å². The average Bonchev–Trinajstić information content (AvgIpc) is 3.16. The van der Waals surface area contributed by atoms with Crippen LogP contribution in [0.4, 0.5) is 0 Å². The number of aromatic nitrogens is 2. The van der Waals surface area contributed by atoms with Crippen LogP contribution in [-0.2, 0) is 17.8 Å². The van der Waals surface area contributed by atoms with Gasteiger partial charge in [-0.1, -0.05) is 43.3 Å². The minimum absolute atomic E-state index is 0.132. The van der Waals surface area contributed by atoms with E-state index in [1.807, 2.05) is 36.9 Å². The van der Waals surface area contributed by atoms with Crippen molar-refractivity contribution in [2.45, 2.75) is 52.5 Å². The number of pyridine rings is 1. The van der Waals surface area contributed by atoms with Crippen molar-refractivity contribution in [2.75, 3.05) is 13.1 Å². The van der Waals surface area contributed by atoms with Gasteiger partial charge in [0.2, 0.25) is 5.91 Å². The Morgan fingerprint density at radius 3 is 2.77 bits per heavy atom. The van der Waals surface area contributed by atoms with Crippen molar-refractivity contribution in [2.24, 2.45) is 0 Å². The van der Waals surface area contributed by atoms with E-state index >= 15 is 0 Å². The van der Waals surface area contributed by atoms with Crippen LogP contribution in [0.2, 0.25) is 0 Å². The Kier molecular flexibility index (Phi) is 6.02. The molecule has 0 atom stereocenters. The number of nitrogens with zero attached hydrogens (tertiary/aromatic N) is 3. The second-order valence-electron chi connectivity index (χ2n) is 8.39. The molecule has 0 radical (unpaired) electrons. The normalized spacial score (nSPS) is 13.5. The van der Waals surface area contributed by atoms with Gasteiger partial charge in [0.15, 0.2) is 0 Å². The molecule has 3 heterocycles. The van der Waals surface area contributed by atoms with Gasteiger partial charge in [0.25, 0.3) is 11.6 Å². The van der Waals surface area contributed by atoms with Crippen molar-refractivity contribution < 1.29 is 14.1 Å². The molecule has 0 saturated carbocycles. The van der Waals surface area contributed by atoms with Gasteiger partial charge in [0.05, 0.1) is 16.6 Å². The highest BCUT2D eigenvalue weighted by Gasteiger charge is 2.21. The third-order valence-corrected chi connectivity index (χ3v) is 5.81. The second-order valence-corrected chi connectivity index (χ2v) is 8.39. The van der Waals surface area contributed by atoms with E-state index in [-0.39, 0.29) is 17.7 Å². The number of fused-ring (bicyclic) bond motifs is 2. The lowest BCUT2D eigenvalue weighted by atomic mass is 9.99. The fourth-order valence-electron chi connectivity index (χ4n) is 3.99. The first-order chi connectivity index (χ1) is 14.9. The molecule has 0 unspecified atom stereocenters. The maximum atomic E-state index is 12.9. The zero-order valence-electron chi connectivity index (χ0n) is 18.3. The number of aryl methyl sites for hydroxylation is 1. The summed E-state index contributed by atoms with van der Waals surface area (Å²) in [4.78, 5) is 31.9. The minimum Gasteiger partial charge on any atom is -0.352 e. The Hall–Kier alpha value is -3.22. The summed E-state index contributed by atoms with van der Waals surface area (Å²) >= 11 is 0. The molecule has 2 amide bonds. The van der Waals surface area contributed by atoms with Gasteiger partial charge in [-0.05, 0) is 42.9 Å². The number of nitrogens with one attached hydrogen (secondary N) is 1. The summed E-state index contributed by atoms with van der Waals surface area (Å²) in [7, 11) is 0. The standard InChI is InChI=1S/C24H28N4O3/c1-15(2)20-13-19(22-16(3)27-31-24(22)26-20)23(30)25-11-6-9-21(29)28-12-10-17-7-4-5-8-18(17)14-28/h4-5,7-8,13,15H,6,9-12,14H2,1-3H3,(H,25,30). The molecule has 0 saturated heterocycles. The van der Waals surface area contributed by atoms with Crippen molar-refractivity contribution in [1.29, 1.82) is 0 Å². The Morgan fingerprint density at radius 1 is 1.23 bits per heavy atom. The van der Waals surface area contributed by atoms with Crippen LogP contribution in [0.3, 0.4) is 0 Å². The molecule has 0 spiro atoms. The van der Waals surface area contributed by atoms with E-state index in [4.69, 9.17) is 4.52 Å². The Bertz CT molecular complexity index is 1120. The van der Waals surface area contributed by atoms with Gasteiger partial charge in [-0.3, -0.25) is 9.59 Å². The number of benzene rings is 1. The predicted molar refractivity (Wildman–Crippen MR) is 118 cm³/mol. The van der Waals surface area contributed by atoms with E-state index in [9.17, 15) is 9.59 Å². The summed E-state index contributed by atoms with van der Waals surface area (Å²) in [6.07, 6.45) is 1.90. The third kappa shape index (κ3) is 4.45. The number of hydrogen-bond donors (Lipinski definition) is 1. The van der Waals surface area contributed by atoms with E-state index in [1.54, 1.807) is 6.92 Å². The van der Waals surface area contributed by atoms with E-state index in [0.29, 0.717) is 48.3 Å². The second kappa shape index (κ2) is 8.88. The van der Waals surface area contributed by atoms with E-state index in [1.165, 1.54) is 11.1 Å². The van der Waals surface area contributed by atoms with Crippen LogP contribution in [0.1, 0.15) is 65.5 Å². The number of carbonyl (C=O) groups is 2. The van der Waals surface area contributed by atoms with E-state index in [2.05, 4.69) is 27.6 Å². The van der Waals surface area contributed by atoms with Gasteiger partial charge in [-0.15, -0.1) is 0 Å². The predicted octanol–water partition coefficient (Wildman–Crippen LogP) is 3.75.